The van der Waals surface area contributed by atoms with Crippen molar-refractivity contribution in [3.05, 3.63) is 63.7 Å². The molecule has 0 saturated heterocycles. The number of aromatic hydroxyl groups is 5. The van der Waals surface area contributed by atoms with Gasteiger partial charge < -0.3 is 50.0 Å². The number of methoxy groups -OCH3 is 2. The van der Waals surface area contributed by atoms with E-state index in [2.05, 4.69) is 4.74 Å². The molecule has 1 aliphatic carbocycles. The number of hydrogen-bond donors (Lipinski definition) is 7. The molecule has 0 amide bonds. The highest BCUT2D eigenvalue weighted by atomic mass is 16.6. The SMILES string of the molecule is COC(=O)c1c(O)c(C)cc(O)c1C(=O)c1c(O)ccc(-c2ccc3c(c2O)C(O)=C2C(=O)C[C@H](C)[C@@H](O)[C@]2(C(=O)OC)O3)c1O. The summed E-state index contributed by atoms with van der Waals surface area (Å²) in [6.45, 7) is 2.84. The number of aryl methyl sites for hydroxylation is 1. The van der Waals surface area contributed by atoms with Gasteiger partial charge in [0.25, 0.3) is 5.60 Å². The summed E-state index contributed by atoms with van der Waals surface area (Å²) in [5, 5.41) is 76.8. The van der Waals surface area contributed by atoms with Crippen LogP contribution in [0.15, 0.2) is 35.9 Å². The van der Waals surface area contributed by atoms with Crippen molar-refractivity contribution in [2.45, 2.75) is 32.0 Å². The van der Waals surface area contributed by atoms with Crippen LogP contribution in [-0.2, 0) is 19.1 Å². The van der Waals surface area contributed by atoms with Crippen LogP contribution in [-0.4, -0.2) is 85.2 Å². The van der Waals surface area contributed by atoms with Crippen LogP contribution in [0.3, 0.4) is 0 Å². The molecule has 2 aliphatic rings. The Morgan fingerprint density at radius 3 is 2.11 bits per heavy atom. The zero-order chi connectivity index (χ0) is 34.0. The van der Waals surface area contributed by atoms with Gasteiger partial charge >= 0.3 is 11.9 Å². The van der Waals surface area contributed by atoms with Crippen molar-refractivity contribution < 1.29 is 69.1 Å². The number of rotatable bonds is 5. The molecule has 3 aromatic rings. The van der Waals surface area contributed by atoms with E-state index in [-0.39, 0.29) is 28.9 Å². The minimum atomic E-state index is -2.45. The molecule has 1 aliphatic heterocycles. The maximum atomic E-state index is 13.7. The summed E-state index contributed by atoms with van der Waals surface area (Å²) < 4.78 is 15.3. The first-order chi connectivity index (χ1) is 21.6. The zero-order valence-corrected chi connectivity index (χ0v) is 24.7. The van der Waals surface area contributed by atoms with E-state index in [0.29, 0.717) is 0 Å². The lowest BCUT2D eigenvalue weighted by Gasteiger charge is -2.45. The van der Waals surface area contributed by atoms with Crippen molar-refractivity contribution in [2.24, 2.45) is 5.92 Å². The number of aliphatic hydroxyl groups is 2. The Morgan fingerprint density at radius 1 is 0.848 bits per heavy atom. The highest BCUT2D eigenvalue weighted by Crippen LogP contribution is 2.53. The number of ketones is 2. The molecule has 1 saturated carbocycles. The number of aliphatic hydroxyl groups excluding tert-OH is 2. The van der Waals surface area contributed by atoms with Crippen molar-refractivity contribution in [3.63, 3.8) is 0 Å². The van der Waals surface area contributed by atoms with Gasteiger partial charge in [0.15, 0.2) is 5.78 Å². The number of carbonyl (C=O) groups excluding carboxylic acids is 4. The van der Waals surface area contributed by atoms with Gasteiger partial charge in [-0.2, -0.15) is 0 Å². The van der Waals surface area contributed by atoms with Gasteiger partial charge in [0, 0.05) is 17.5 Å². The van der Waals surface area contributed by atoms with Gasteiger partial charge in [0.05, 0.1) is 25.4 Å². The Morgan fingerprint density at radius 2 is 1.48 bits per heavy atom. The topological polar surface area (TPSA) is 238 Å². The summed E-state index contributed by atoms with van der Waals surface area (Å²) in [4.78, 5) is 52.3. The standard InChI is InChI=1S/C32H28O14/c1-11-9-16(34)19(22(24(11)36)30(42)44-3)27(39)20-15(33)7-5-13(25(20)37)14-6-8-18-21(26(14)38)28(40)23-17(35)10-12(2)29(41)32(23,46-18)31(43)45-4/h5-9,12,29,33-34,36-38,40-41H,10H2,1-4H3/t12-,29+,32+/m0/s1. The first-order valence-electron chi connectivity index (χ1n) is 13.7. The minimum absolute atomic E-state index is 0.0152. The van der Waals surface area contributed by atoms with E-state index in [1.54, 1.807) is 0 Å². The molecule has 1 fully saturated rings. The molecule has 46 heavy (non-hydrogen) atoms. The molecule has 7 N–H and O–H groups in total. The number of benzene rings is 3. The second-order valence-corrected chi connectivity index (χ2v) is 10.9. The smallest absolute Gasteiger partial charge is 0.358 e. The molecular weight excluding hydrogens is 608 g/mol. The van der Waals surface area contributed by atoms with Crippen LogP contribution in [0.25, 0.3) is 16.9 Å². The Kier molecular flexibility index (Phi) is 7.57. The number of ether oxygens (including phenoxy) is 3. The number of Topliss-reactive ketones (excluding diaryl/α,β-unsaturated/α-hetero) is 1. The molecule has 14 heteroatoms. The molecule has 1 heterocycles. The van der Waals surface area contributed by atoms with Gasteiger partial charge in [-0.15, -0.1) is 0 Å². The molecule has 0 radical (unpaired) electrons. The summed E-state index contributed by atoms with van der Waals surface area (Å²) in [5.41, 5.74) is -6.54. The van der Waals surface area contributed by atoms with Crippen LogP contribution in [0, 0.1) is 12.8 Å². The molecule has 0 aromatic heterocycles. The Balaban J connectivity index is 1.72. The maximum absolute atomic E-state index is 13.7. The van der Waals surface area contributed by atoms with Crippen molar-refractivity contribution in [1.82, 2.24) is 0 Å². The Bertz CT molecular complexity index is 1910. The van der Waals surface area contributed by atoms with Crippen molar-refractivity contribution in [1.29, 1.82) is 0 Å². The van der Waals surface area contributed by atoms with E-state index < -0.39 is 103 Å². The highest BCUT2D eigenvalue weighted by Gasteiger charge is 2.63. The van der Waals surface area contributed by atoms with E-state index in [9.17, 15) is 54.9 Å². The van der Waals surface area contributed by atoms with Crippen molar-refractivity contribution in [2.75, 3.05) is 14.2 Å². The van der Waals surface area contributed by atoms with Crippen LogP contribution in [0.2, 0.25) is 0 Å². The normalized spacial score (nSPS) is 20.3. The number of carbonyl (C=O) groups is 4. The van der Waals surface area contributed by atoms with Crippen LogP contribution in [0.5, 0.6) is 34.5 Å². The molecule has 0 bridgehead atoms. The number of esters is 2. The van der Waals surface area contributed by atoms with Gasteiger partial charge in [0.1, 0.15) is 63.1 Å². The molecule has 0 spiro atoms. The first-order valence-corrected chi connectivity index (χ1v) is 13.7. The average molecular weight is 637 g/mol. The van der Waals surface area contributed by atoms with E-state index in [1.807, 2.05) is 0 Å². The van der Waals surface area contributed by atoms with Gasteiger partial charge in [-0.05, 0) is 48.7 Å². The first kappa shape index (κ1) is 31.7. The van der Waals surface area contributed by atoms with E-state index >= 15 is 0 Å². The van der Waals surface area contributed by atoms with E-state index in [1.165, 1.54) is 13.8 Å². The molecule has 3 aromatic carbocycles. The van der Waals surface area contributed by atoms with Crippen LogP contribution < -0.4 is 4.74 Å². The van der Waals surface area contributed by atoms with Gasteiger partial charge in [-0.3, -0.25) is 9.59 Å². The van der Waals surface area contributed by atoms with Gasteiger partial charge in [-0.25, -0.2) is 9.59 Å². The minimum Gasteiger partial charge on any atom is -0.507 e. The number of phenolic OH excluding ortho intramolecular Hbond substituents is 5. The number of fused-ring (bicyclic) bond motifs is 2. The second kappa shape index (κ2) is 11.0. The summed E-state index contributed by atoms with van der Waals surface area (Å²) in [7, 11) is 1.97. The third-order valence-corrected chi connectivity index (χ3v) is 8.25. The number of hydrogen-bond acceptors (Lipinski definition) is 14. The fourth-order valence-corrected chi connectivity index (χ4v) is 5.97. The molecule has 14 nitrogen and oxygen atoms in total. The molecular formula is C32H28O14. The summed E-state index contributed by atoms with van der Waals surface area (Å²) in [6.07, 6.45) is -1.91. The van der Waals surface area contributed by atoms with Crippen molar-refractivity contribution in [3.8, 4) is 45.6 Å². The summed E-state index contributed by atoms with van der Waals surface area (Å²) in [5.74, 6) is -10.5. The maximum Gasteiger partial charge on any atom is 0.358 e. The average Bonchev–Trinajstić information content (AvgIpc) is 3.00. The van der Waals surface area contributed by atoms with Crippen LogP contribution in [0.4, 0.5) is 0 Å². The van der Waals surface area contributed by atoms with Crippen LogP contribution in [0.1, 0.15) is 50.8 Å². The third kappa shape index (κ3) is 4.29. The Hall–Kier alpha value is -5.76. The highest BCUT2D eigenvalue weighted by molar-refractivity contribution is 6.20. The predicted octanol–water partition coefficient (Wildman–Crippen LogP) is 2.75. The van der Waals surface area contributed by atoms with Gasteiger partial charge in [0.2, 0.25) is 5.78 Å². The van der Waals surface area contributed by atoms with E-state index in [4.69, 9.17) is 9.47 Å². The molecule has 240 valence electrons. The van der Waals surface area contributed by atoms with Crippen molar-refractivity contribution >= 4 is 29.3 Å². The quantitative estimate of drug-likeness (QED) is 0.121. The van der Waals surface area contributed by atoms with Crippen LogP contribution >= 0.6 is 0 Å². The lowest BCUT2D eigenvalue weighted by molar-refractivity contribution is -0.173. The molecule has 3 atom stereocenters. The molecule has 5 rings (SSSR count). The second-order valence-electron chi connectivity index (χ2n) is 10.9. The van der Waals surface area contributed by atoms with E-state index in [0.717, 1.165) is 44.6 Å². The summed E-state index contributed by atoms with van der Waals surface area (Å²) in [6, 6.07) is 5.36. The predicted molar refractivity (Wildman–Crippen MR) is 156 cm³/mol. The fourth-order valence-electron chi connectivity index (χ4n) is 5.97. The zero-order valence-electron chi connectivity index (χ0n) is 24.7. The third-order valence-electron chi connectivity index (χ3n) is 8.25. The largest absolute Gasteiger partial charge is 0.507 e. The van der Waals surface area contributed by atoms with Gasteiger partial charge in [-0.1, -0.05) is 6.92 Å². The monoisotopic (exact) mass is 636 g/mol. The fraction of sp³-hybridized carbons (Fsp3) is 0.250. The number of phenols is 5. The summed E-state index contributed by atoms with van der Waals surface area (Å²) >= 11 is 0. The lowest BCUT2D eigenvalue weighted by atomic mass is 9.69. The molecule has 0 unspecified atom stereocenters. The lowest BCUT2D eigenvalue weighted by Crippen LogP contribution is -2.64. The Labute approximate surface area is 259 Å².